The Morgan fingerprint density at radius 3 is 2.35 bits per heavy atom. The van der Waals surface area contributed by atoms with Crippen molar-refractivity contribution in [2.75, 3.05) is 0 Å². The lowest BCUT2D eigenvalue weighted by molar-refractivity contribution is -0.137. The summed E-state index contributed by atoms with van der Waals surface area (Å²) in [5, 5.41) is 0. The molecule has 0 saturated heterocycles. The first-order valence-corrected chi connectivity index (χ1v) is 4.93. The van der Waals surface area contributed by atoms with E-state index in [-0.39, 0.29) is 0 Å². The summed E-state index contributed by atoms with van der Waals surface area (Å²) in [5.41, 5.74) is 0.965. The quantitative estimate of drug-likeness (QED) is 0.760. The Hall–Kier alpha value is -1.91. The van der Waals surface area contributed by atoms with E-state index in [2.05, 4.69) is 9.97 Å². The summed E-state index contributed by atoms with van der Waals surface area (Å²) < 4.78 is 37.6. The Morgan fingerprint density at radius 2 is 1.71 bits per heavy atom. The van der Waals surface area contributed by atoms with Crippen LogP contribution in [-0.4, -0.2) is 9.97 Å². The standard InChI is InChI=1S/C12H9F3N2/c1-8-6-9(2-4-16-8)11-7-10(3-5-17-11)12(13,14)15/h2-7H,1H3. The average Bonchev–Trinajstić information content (AvgIpc) is 2.28. The Labute approximate surface area is 96.2 Å². The monoisotopic (exact) mass is 238 g/mol. The van der Waals surface area contributed by atoms with Gasteiger partial charge in [-0.3, -0.25) is 9.97 Å². The Bertz CT molecular complexity index is 535. The first kappa shape index (κ1) is 11.6. The summed E-state index contributed by atoms with van der Waals surface area (Å²) >= 11 is 0. The third-order valence-corrected chi connectivity index (χ3v) is 2.28. The van der Waals surface area contributed by atoms with E-state index in [0.717, 1.165) is 24.0 Å². The minimum Gasteiger partial charge on any atom is -0.262 e. The van der Waals surface area contributed by atoms with Crippen molar-refractivity contribution in [2.45, 2.75) is 13.1 Å². The number of aromatic nitrogens is 2. The van der Waals surface area contributed by atoms with E-state index in [1.54, 1.807) is 25.3 Å². The van der Waals surface area contributed by atoms with Crippen LogP contribution < -0.4 is 0 Å². The van der Waals surface area contributed by atoms with Gasteiger partial charge in [0.2, 0.25) is 0 Å². The predicted octanol–water partition coefficient (Wildman–Crippen LogP) is 3.47. The molecule has 2 heterocycles. The van der Waals surface area contributed by atoms with Crippen LogP contribution in [0.25, 0.3) is 11.3 Å². The van der Waals surface area contributed by atoms with E-state index >= 15 is 0 Å². The van der Waals surface area contributed by atoms with E-state index in [0.29, 0.717) is 11.3 Å². The lowest BCUT2D eigenvalue weighted by atomic mass is 10.1. The topological polar surface area (TPSA) is 25.8 Å². The van der Waals surface area contributed by atoms with Gasteiger partial charge < -0.3 is 0 Å². The Kier molecular flexibility index (Phi) is 2.83. The van der Waals surface area contributed by atoms with Crippen LogP contribution in [0.15, 0.2) is 36.7 Å². The second-order valence-electron chi connectivity index (χ2n) is 3.61. The molecule has 0 radical (unpaired) electrons. The molecule has 0 saturated carbocycles. The van der Waals surface area contributed by atoms with Gasteiger partial charge in [0.05, 0.1) is 11.3 Å². The molecular formula is C12H9F3N2. The fourth-order valence-electron chi connectivity index (χ4n) is 1.47. The number of hydrogen-bond donors (Lipinski definition) is 0. The van der Waals surface area contributed by atoms with Crippen molar-refractivity contribution in [1.82, 2.24) is 9.97 Å². The summed E-state index contributed by atoms with van der Waals surface area (Å²) in [6.07, 6.45) is -1.64. The zero-order chi connectivity index (χ0) is 12.5. The van der Waals surface area contributed by atoms with Crippen LogP contribution in [0, 0.1) is 6.92 Å². The largest absolute Gasteiger partial charge is 0.416 e. The van der Waals surface area contributed by atoms with Crippen LogP contribution in [-0.2, 0) is 6.18 Å². The van der Waals surface area contributed by atoms with Crippen LogP contribution in [0.1, 0.15) is 11.3 Å². The summed E-state index contributed by atoms with van der Waals surface area (Å²) in [5.74, 6) is 0. The van der Waals surface area contributed by atoms with Gasteiger partial charge in [-0.15, -0.1) is 0 Å². The molecule has 0 amide bonds. The molecule has 0 N–H and O–H groups in total. The maximum Gasteiger partial charge on any atom is 0.416 e. The van der Waals surface area contributed by atoms with Crippen LogP contribution in [0.2, 0.25) is 0 Å². The summed E-state index contributed by atoms with van der Waals surface area (Å²) in [7, 11) is 0. The smallest absolute Gasteiger partial charge is 0.262 e. The molecule has 0 aliphatic carbocycles. The maximum atomic E-state index is 12.5. The Balaban J connectivity index is 2.47. The van der Waals surface area contributed by atoms with E-state index in [1.165, 1.54) is 0 Å². The Morgan fingerprint density at radius 1 is 1.00 bits per heavy atom. The van der Waals surface area contributed by atoms with E-state index in [9.17, 15) is 13.2 Å². The van der Waals surface area contributed by atoms with Crippen molar-refractivity contribution in [3.8, 4) is 11.3 Å². The lowest BCUT2D eigenvalue weighted by Gasteiger charge is -2.08. The highest BCUT2D eigenvalue weighted by Gasteiger charge is 2.30. The van der Waals surface area contributed by atoms with E-state index in [4.69, 9.17) is 0 Å². The third kappa shape index (κ3) is 2.61. The molecule has 0 spiro atoms. The summed E-state index contributed by atoms with van der Waals surface area (Å²) in [6, 6.07) is 5.32. The molecule has 2 rings (SSSR count). The summed E-state index contributed by atoms with van der Waals surface area (Å²) in [6.45, 7) is 1.77. The van der Waals surface area contributed by atoms with Crippen LogP contribution in [0.3, 0.4) is 0 Å². The molecular weight excluding hydrogens is 229 g/mol. The molecule has 0 atom stereocenters. The molecule has 2 nitrogen and oxygen atoms in total. The molecule has 0 fully saturated rings. The second kappa shape index (κ2) is 4.16. The van der Waals surface area contributed by atoms with Gasteiger partial charge in [-0.2, -0.15) is 13.2 Å². The normalized spacial score (nSPS) is 11.5. The predicted molar refractivity (Wildman–Crippen MR) is 57.2 cm³/mol. The molecule has 5 heteroatoms. The fourth-order valence-corrected chi connectivity index (χ4v) is 1.47. The van der Waals surface area contributed by atoms with Crippen LogP contribution >= 0.6 is 0 Å². The first-order valence-electron chi connectivity index (χ1n) is 4.93. The highest BCUT2D eigenvalue weighted by molar-refractivity contribution is 5.59. The van der Waals surface area contributed by atoms with Gasteiger partial charge in [-0.1, -0.05) is 0 Å². The molecule has 0 bridgehead atoms. The van der Waals surface area contributed by atoms with Gasteiger partial charge in [0, 0.05) is 23.7 Å². The van der Waals surface area contributed by atoms with Gasteiger partial charge in [0.15, 0.2) is 0 Å². The van der Waals surface area contributed by atoms with Gasteiger partial charge in [-0.05, 0) is 31.2 Å². The number of alkyl halides is 3. The lowest BCUT2D eigenvalue weighted by Crippen LogP contribution is -2.05. The minimum atomic E-state index is -4.35. The molecule has 2 aromatic rings. The van der Waals surface area contributed by atoms with Crippen molar-refractivity contribution < 1.29 is 13.2 Å². The molecule has 0 unspecified atom stereocenters. The molecule has 0 aromatic carbocycles. The number of hydrogen-bond acceptors (Lipinski definition) is 2. The highest BCUT2D eigenvalue weighted by Crippen LogP contribution is 2.31. The van der Waals surface area contributed by atoms with Crippen LogP contribution in [0.5, 0.6) is 0 Å². The zero-order valence-corrected chi connectivity index (χ0v) is 8.99. The van der Waals surface area contributed by atoms with Crippen LogP contribution in [0.4, 0.5) is 13.2 Å². The van der Waals surface area contributed by atoms with E-state index in [1.807, 2.05) is 0 Å². The second-order valence-corrected chi connectivity index (χ2v) is 3.61. The van der Waals surface area contributed by atoms with Gasteiger partial charge in [0.25, 0.3) is 0 Å². The van der Waals surface area contributed by atoms with Gasteiger partial charge >= 0.3 is 6.18 Å². The zero-order valence-electron chi connectivity index (χ0n) is 8.99. The molecule has 88 valence electrons. The molecule has 0 aliphatic heterocycles. The van der Waals surface area contributed by atoms with E-state index < -0.39 is 11.7 Å². The van der Waals surface area contributed by atoms with Gasteiger partial charge in [0.1, 0.15) is 0 Å². The number of nitrogens with zero attached hydrogens (tertiary/aromatic N) is 2. The fraction of sp³-hybridized carbons (Fsp3) is 0.167. The van der Waals surface area contributed by atoms with Crippen molar-refractivity contribution in [3.05, 3.63) is 47.9 Å². The highest BCUT2D eigenvalue weighted by atomic mass is 19.4. The first-order chi connectivity index (χ1) is 7.97. The molecule has 2 aromatic heterocycles. The number of pyridine rings is 2. The number of rotatable bonds is 1. The van der Waals surface area contributed by atoms with Crippen molar-refractivity contribution in [1.29, 1.82) is 0 Å². The summed E-state index contributed by atoms with van der Waals surface area (Å²) in [4.78, 5) is 7.92. The third-order valence-electron chi connectivity index (χ3n) is 2.28. The van der Waals surface area contributed by atoms with Gasteiger partial charge in [-0.25, -0.2) is 0 Å². The minimum absolute atomic E-state index is 0.297. The molecule has 17 heavy (non-hydrogen) atoms. The van der Waals surface area contributed by atoms with Crippen molar-refractivity contribution in [3.63, 3.8) is 0 Å². The SMILES string of the molecule is Cc1cc(-c2cc(C(F)(F)F)ccn2)ccn1. The molecule has 0 aliphatic rings. The number of halogens is 3. The van der Waals surface area contributed by atoms with Crippen molar-refractivity contribution >= 4 is 0 Å². The number of aryl methyl sites for hydroxylation is 1. The van der Waals surface area contributed by atoms with Crippen molar-refractivity contribution in [2.24, 2.45) is 0 Å². The maximum absolute atomic E-state index is 12.5. The average molecular weight is 238 g/mol.